The summed E-state index contributed by atoms with van der Waals surface area (Å²) in [6.07, 6.45) is -7.87. The fourth-order valence-electron chi connectivity index (χ4n) is 2.42. The normalized spacial score (nSPS) is 17.0. The minimum absolute atomic E-state index is 0.512. The van der Waals surface area contributed by atoms with Crippen LogP contribution < -0.4 is 0 Å². The molecule has 4 nitrogen and oxygen atoms in total. The fraction of sp³-hybridized carbons (Fsp3) is 0.867. The molecule has 0 radical (unpaired) electrons. The average molecular weight is 578 g/mol. The zero-order valence-electron chi connectivity index (χ0n) is 17.0. The van der Waals surface area contributed by atoms with Crippen LogP contribution in [0.2, 0.25) is 0 Å². The van der Waals surface area contributed by atoms with E-state index in [0.29, 0.717) is 0 Å². The Kier molecular flexibility index (Phi) is 8.67. The van der Waals surface area contributed by atoms with Gasteiger partial charge in [0, 0.05) is 0 Å². The Morgan fingerprint density at radius 1 is 0.639 bits per heavy atom. The minimum Gasteiger partial charge on any atom is -0.481 e. The Labute approximate surface area is 187 Å². The number of hydrogen-bond acceptors (Lipinski definition) is 3. The Bertz CT molecular complexity index is 832. The number of carbonyl (C=O) groups excluding carboxylic acids is 1. The molecule has 0 saturated carbocycles. The van der Waals surface area contributed by atoms with Crippen LogP contribution in [0.4, 0.5) is 74.6 Å². The molecule has 0 saturated heterocycles. The van der Waals surface area contributed by atoms with E-state index in [1.807, 2.05) is 0 Å². The summed E-state index contributed by atoms with van der Waals surface area (Å²) in [7, 11) is 0. The smallest absolute Gasteiger partial charge is 0.460 e. The lowest BCUT2D eigenvalue weighted by molar-refractivity contribution is -0.463. The van der Waals surface area contributed by atoms with Crippen molar-refractivity contribution in [3.05, 3.63) is 0 Å². The summed E-state index contributed by atoms with van der Waals surface area (Å²) in [5, 5.41) is 8.71. The molecule has 0 amide bonds. The third-order valence-electron chi connectivity index (χ3n) is 4.62. The van der Waals surface area contributed by atoms with E-state index in [4.69, 9.17) is 5.11 Å². The number of aliphatic carboxylic acids is 1. The molecule has 1 N–H and O–H groups in total. The molecular weight excluding hydrogens is 567 g/mol. The first-order valence-corrected chi connectivity index (χ1v) is 8.57. The Morgan fingerprint density at radius 3 is 1.22 bits per heavy atom. The van der Waals surface area contributed by atoms with Gasteiger partial charge in [0.05, 0.1) is 12.5 Å². The number of ether oxygens (including phenoxy) is 1. The van der Waals surface area contributed by atoms with Crippen molar-refractivity contribution in [2.24, 2.45) is 11.8 Å². The van der Waals surface area contributed by atoms with Crippen LogP contribution in [0, 0.1) is 11.8 Å². The maximum Gasteiger partial charge on any atom is 0.460 e. The molecular formula is C15H11F17O4. The van der Waals surface area contributed by atoms with Gasteiger partial charge < -0.3 is 9.84 Å². The van der Waals surface area contributed by atoms with E-state index in [-0.39, 0.29) is 0 Å². The van der Waals surface area contributed by atoms with Gasteiger partial charge in [0.1, 0.15) is 0 Å². The molecule has 2 atom stereocenters. The molecule has 0 aromatic heterocycles. The number of hydrogen-bond donors (Lipinski definition) is 1. The topological polar surface area (TPSA) is 63.6 Å². The van der Waals surface area contributed by atoms with E-state index < -0.39 is 84.9 Å². The average Bonchev–Trinajstić information content (AvgIpc) is 2.65. The molecule has 0 aliphatic carbocycles. The van der Waals surface area contributed by atoms with Crippen molar-refractivity contribution < 1.29 is 94.1 Å². The monoisotopic (exact) mass is 578 g/mol. The van der Waals surface area contributed by atoms with Crippen LogP contribution in [0.5, 0.6) is 0 Å². The standard InChI is InChI=1S/C15H11F17O4/c1-3-36-7(35)5(6(33)34)4(2)8(16,17)9(18,19)10(20,21)11(22,23)12(24,25)13(26,27)14(28,29)15(30,31)32/h4-5H,3H2,1-2H3,(H,33,34). The zero-order chi connectivity index (χ0) is 29.7. The molecule has 0 aromatic rings. The van der Waals surface area contributed by atoms with E-state index in [9.17, 15) is 84.2 Å². The number of rotatable bonds is 11. The van der Waals surface area contributed by atoms with Crippen LogP contribution in [0.1, 0.15) is 13.8 Å². The summed E-state index contributed by atoms with van der Waals surface area (Å²) in [6.45, 7) is -0.523. The Hall–Kier alpha value is -2.25. The first-order chi connectivity index (χ1) is 15.5. The highest BCUT2D eigenvalue weighted by atomic mass is 19.4. The van der Waals surface area contributed by atoms with Gasteiger partial charge in [-0.2, -0.15) is 74.6 Å². The number of carbonyl (C=O) groups is 2. The molecule has 0 aromatic carbocycles. The lowest BCUT2D eigenvalue weighted by Crippen LogP contribution is -2.75. The number of halogens is 17. The second kappa shape index (κ2) is 9.25. The van der Waals surface area contributed by atoms with Crippen molar-refractivity contribution >= 4 is 11.9 Å². The predicted octanol–water partition coefficient (Wildman–Crippen LogP) is 5.90. The highest BCUT2D eigenvalue weighted by Crippen LogP contribution is 2.64. The van der Waals surface area contributed by atoms with Crippen LogP contribution in [-0.2, 0) is 14.3 Å². The lowest BCUT2D eigenvalue weighted by atomic mass is 9.80. The molecule has 36 heavy (non-hydrogen) atoms. The zero-order valence-corrected chi connectivity index (χ0v) is 17.0. The van der Waals surface area contributed by atoms with Crippen molar-refractivity contribution in [1.29, 1.82) is 0 Å². The van der Waals surface area contributed by atoms with Gasteiger partial charge in [-0.05, 0) is 6.92 Å². The van der Waals surface area contributed by atoms with E-state index in [0.717, 1.165) is 6.92 Å². The molecule has 214 valence electrons. The SMILES string of the molecule is CCOC(=O)C(C(=O)O)C(C)C(F)(F)C(F)(F)C(F)(F)C(F)(F)C(F)(F)C(F)(F)C(F)(F)C(F)(F)F. The maximum absolute atomic E-state index is 14.1. The number of carboxylic acids is 1. The van der Waals surface area contributed by atoms with Gasteiger partial charge >= 0.3 is 59.6 Å². The molecule has 0 heterocycles. The van der Waals surface area contributed by atoms with Gasteiger partial charge in [0.2, 0.25) is 0 Å². The number of alkyl halides is 17. The van der Waals surface area contributed by atoms with Gasteiger partial charge in [0.15, 0.2) is 5.92 Å². The van der Waals surface area contributed by atoms with E-state index >= 15 is 0 Å². The third kappa shape index (κ3) is 4.49. The van der Waals surface area contributed by atoms with Crippen molar-refractivity contribution in [3.63, 3.8) is 0 Å². The predicted molar refractivity (Wildman–Crippen MR) is 77.6 cm³/mol. The quantitative estimate of drug-likeness (QED) is 0.189. The largest absolute Gasteiger partial charge is 0.481 e. The van der Waals surface area contributed by atoms with Crippen molar-refractivity contribution in [3.8, 4) is 0 Å². The summed E-state index contributed by atoms with van der Waals surface area (Å²) in [6, 6.07) is 0. The summed E-state index contributed by atoms with van der Waals surface area (Å²) < 4.78 is 230. The molecule has 0 rings (SSSR count). The fourth-order valence-corrected chi connectivity index (χ4v) is 2.42. The first kappa shape index (κ1) is 33.8. The molecule has 0 fully saturated rings. The minimum atomic E-state index is -8.81. The molecule has 0 spiro atoms. The van der Waals surface area contributed by atoms with E-state index in [2.05, 4.69) is 4.74 Å². The summed E-state index contributed by atoms with van der Waals surface area (Å²) in [5.41, 5.74) is 0. The molecule has 0 bridgehead atoms. The van der Waals surface area contributed by atoms with Gasteiger partial charge in [-0.3, -0.25) is 9.59 Å². The molecule has 0 aliphatic rings. The van der Waals surface area contributed by atoms with E-state index in [1.165, 1.54) is 0 Å². The maximum atomic E-state index is 14.1. The number of carboxylic acid groups (broad SMARTS) is 1. The van der Waals surface area contributed by atoms with E-state index in [1.54, 1.807) is 0 Å². The molecule has 0 aliphatic heterocycles. The van der Waals surface area contributed by atoms with Crippen LogP contribution in [0.15, 0.2) is 0 Å². The second-order valence-electron chi connectivity index (χ2n) is 6.92. The molecule has 21 heteroatoms. The summed E-state index contributed by atoms with van der Waals surface area (Å²) >= 11 is 0. The van der Waals surface area contributed by atoms with Crippen LogP contribution >= 0.6 is 0 Å². The molecule has 2 unspecified atom stereocenters. The number of esters is 1. The van der Waals surface area contributed by atoms with Crippen LogP contribution in [0.3, 0.4) is 0 Å². The highest BCUT2D eigenvalue weighted by molar-refractivity contribution is 5.94. The van der Waals surface area contributed by atoms with Gasteiger partial charge in [-0.1, -0.05) is 6.92 Å². The van der Waals surface area contributed by atoms with Crippen molar-refractivity contribution in [1.82, 2.24) is 0 Å². The summed E-state index contributed by atoms with van der Waals surface area (Å²) in [5.74, 6) is -71.2. The Balaban J connectivity index is 6.93. The third-order valence-corrected chi connectivity index (χ3v) is 4.62. The van der Waals surface area contributed by atoms with Crippen molar-refractivity contribution in [2.45, 2.75) is 61.5 Å². The van der Waals surface area contributed by atoms with Crippen LogP contribution in [-0.4, -0.2) is 71.3 Å². The first-order valence-electron chi connectivity index (χ1n) is 8.57. The lowest BCUT2D eigenvalue weighted by Gasteiger charge is -2.44. The second-order valence-corrected chi connectivity index (χ2v) is 6.92. The highest BCUT2D eigenvalue weighted by Gasteiger charge is 2.95. The van der Waals surface area contributed by atoms with Gasteiger partial charge in [0.25, 0.3) is 0 Å². The van der Waals surface area contributed by atoms with Gasteiger partial charge in [-0.15, -0.1) is 0 Å². The van der Waals surface area contributed by atoms with Crippen molar-refractivity contribution in [2.75, 3.05) is 6.61 Å². The Morgan fingerprint density at radius 2 is 0.944 bits per heavy atom. The summed E-state index contributed by atoms with van der Waals surface area (Å²) in [4.78, 5) is 22.4. The van der Waals surface area contributed by atoms with Gasteiger partial charge in [-0.25, -0.2) is 0 Å². The van der Waals surface area contributed by atoms with Crippen LogP contribution in [0.25, 0.3) is 0 Å².